The normalized spacial score (nSPS) is 10.5. The van der Waals surface area contributed by atoms with Gasteiger partial charge in [-0.05, 0) is 36.6 Å². The van der Waals surface area contributed by atoms with Crippen LogP contribution in [0, 0.1) is 18.7 Å². The molecule has 0 saturated heterocycles. The van der Waals surface area contributed by atoms with Gasteiger partial charge in [-0.25, -0.2) is 4.39 Å². The lowest BCUT2D eigenvalue weighted by Crippen LogP contribution is -2.05. The smallest absolute Gasteiger partial charge is 0.179 e. The Balaban J connectivity index is 0.000000861. The summed E-state index contributed by atoms with van der Waals surface area (Å²) in [6.45, 7) is 9.87. The fraction of sp³-hybridized carbons (Fsp3) is 0.438. The second-order valence-electron chi connectivity index (χ2n) is 4.84. The molecule has 0 aliphatic carbocycles. The number of carbonyl (C=O) groups excluding carboxylic acids is 1. The molecule has 104 valence electrons. The fourth-order valence-electron chi connectivity index (χ4n) is 2.05. The summed E-state index contributed by atoms with van der Waals surface area (Å²) >= 11 is 0. The Kier molecular flexibility index (Phi) is 5.28. The molecule has 2 aromatic rings. The number of hydrogen-bond acceptors (Lipinski definition) is 1. The van der Waals surface area contributed by atoms with Gasteiger partial charge in [-0.2, -0.15) is 0 Å². The first kappa shape index (κ1) is 15.4. The molecule has 1 aromatic heterocycles. The number of nitrogens with one attached hydrogen (secondary N) is 1. The molecular weight excluding hydrogens is 241 g/mol. The van der Waals surface area contributed by atoms with Crippen molar-refractivity contribution in [2.24, 2.45) is 5.92 Å². The maximum absolute atomic E-state index is 13.1. The minimum absolute atomic E-state index is 0.0918. The van der Waals surface area contributed by atoms with E-state index in [0.717, 1.165) is 16.5 Å². The summed E-state index contributed by atoms with van der Waals surface area (Å²) in [6.07, 6.45) is 0.510. The third-order valence-electron chi connectivity index (χ3n) is 2.89. The number of Topliss-reactive ketones (excluding diaryl/α,β-unsaturated/α-hetero) is 1. The van der Waals surface area contributed by atoms with Crippen LogP contribution in [0.25, 0.3) is 10.9 Å². The fourth-order valence-corrected chi connectivity index (χ4v) is 2.05. The molecule has 2 nitrogen and oxygen atoms in total. The van der Waals surface area contributed by atoms with Crippen molar-refractivity contribution in [2.45, 2.75) is 41.0 Å². The molecule has 1 heterocycles. The second-order valence-corrected chi connectivity index (χ2v) is 4.84. The highest BCUT2D eigenvalue weighted by Crippen LogP contribution is 2.24. The van der Waals surface area contributed by atoms with E-state index in [1.165, 1.54) is 12.1 Å². The zero-order valence-corrected chi connectivity index (χ0v) is 12.3. The van der Waals surface area contributed by atoms with Gasteiger partial charge in [0.05, 0.1) is 5.69 Å². The number of aromatic nitrogens is 1. The molecule has 0 saturated carbocycles. The van der Waals surface area contributed by atoms with Gasteiger partial charge in [0.25, 0.3) is 0 Å². The van der Waals surface area contributed by atoms with Gasteiger partial charge in [0, 0.05) is 17.3 Å². The van der Waals surface area contributed by atoms with E-state index in [-0.39, 0.29) is 11.6 Å². The lowest BCUT2D eigenvalue weighted by Gasteiger charge is -2.02. The molecule has 2 rings (SSSR count). The minimum atomic E-state index is -0.276. The van der Waals surface area contributed by atoms with E-state index in [0.29, 0.717) is 18.0 Å². The number of carbonyl (C=O) groups is 1. The summed E-state index contributed by atoms with van der Waals surface area (Å²) < 4.78 is 13.1. The Morgan fingerprint density at radius 2 is 1.95 bits per heavy atom. The third kappa shape index (κ3) is 3.43. The van der Waals surface area contributed by atoms with Crippen molar-refractivity contribution in [3.63, 3.8) is 0 Å². The topological polar surface area (TPSA) is 32.9 Å². The van der Waals surface area contributed by atoms with Crippen LogP contribution in [0.1, 0.15) is 50.2 Å². The monoisotopic (exact) mass is 263 g/mol. The number of halogens is 1. The number of H-pyrrole nitrogens is 1. The molecule has 19 heavy (non-hydrogen) atoms. The molecule has 3 heteroatoms. The van der Waals surface area contributed by atoms with Gasteiger partial charge in [-0.1, -0.05) is 27.7 Å². The molecule has 1 N–H and O–H groups in total. The molecule has 0 bridgehead atoms. The van der Waals surface area contributed by atoms with E-state index >= 15 is 0 Å². The van der Waals surface area contributed by atoms with Crippen molar-refractivity contribution in [3.05, 3.63) is 35.3 Å². The van der Waals surface area contributed by atoms with Crippen molar-refractivity contribution >= 4 is 16.7 Å². The summed E-state index contributed by atoms with van der Waals surface area (Å²) in [4.78, 5) is 15.1. The molecular formula is C16H22FNO. The van der Waals surface area contributed by atoms with Gasteiger partial charge in [0.1, 0.15) is 5.82 Å². The summed E-state index contributed by atoms with van der Waals surface area (Å²) in [5.74, 6) is 0.140. The Hall–Kier alpha value is -1.64. The molecule has 1 aromatic carbocycles. The number of ketones is 1. The van der Waals surface area contributed by atoms with Crippen molar-refractivity contribution in [1.82, 2.24) is 4.98 Å². The van der Waals surface area contributed by atoms with Crippen LogP contribution in [0.3, 0.4) is 0 Å². The van der Waals surface area contributed by atoms with Crippen LogP contribution in [0.4, 0.5) is 4.39 Å². The number of aromatic amines is 1. The summed E-state index contributed by atoms with van der Waals surface area (Å²) in [5.41, 5.74) is 2.26. The molecule has 0 unspecified atom stereocenters. The number of rotatable bonds is 3. The zero-order chi connectivity index (χ0) is 14.6. The molecule has 0 atom stereocenters. The lowest BCUT2D eigenvalue weighted by atomic mass is 10.0. The standard InChI is InChI=1S/C14H16FNO.C2H6/c1-8(2)6-13(17)14-9(3)11-7-10(15)4-5-12(11)16-14;1-2/h4-5,7-8,16H,6H2,1-3H3;1-2H3. The molecule has 0 radical (unpaired) electrons. The number of aryl methyl sites for hydroxylation is 1. The Morgan fingerprint density at radius 3 is 2.53 bits per heavy atom. The van der Waals surface area contributed by atoms with E-state index in [9.17, 15) is 9.18 Å². The molecule has 0 aliphatic rings. The first-order valence-electron chi connectivity index (χ1n) is 6.80. The summed E-state index contributed by atoms with van der Waals surface area (Å²) in [7, 11) is 0. The molecule has 0 spiro atoms. The largest absolute Gasteiger partial charge is 0.352 e. The molecule has 0 fully saturated rings. The average molecular weight is 263 g/mol. The lowest BCUT2D eigenvalue weighted by molar-refractivity contribution is 0.0963. The Bertz CT molecular complexity index is 569. The van der Waals surface area contributed by atoms with Crippen LogP contribution < -0.4 is 0 Å². The summed E-state index contributed by atoms with van der Waals surface area (Å²) in [6, 6.07) is 4.53. The van der Waals surface area contributed by atoms with Gasteiger partial charge in [-0.15, -0.1) is 0 Å². The Morgan fingerprint density at radius 1 is 1.32 bits per heavy atom. The Labute approximate surface area is 114 Å². The van der Waals surface area contributed by atoms with Crippen LogP contribution in [-0.2, 0) is 0 Å². The van der Waals surface area contributed by atoms with E-state index in [2.05, 4.69) is 4.98 Å². The van der Waals surface area contributed by atoms with Crippen LogP contribution in [0.5, 0.6) is 0 Å². The van der Waals surface area contributed by atoms with Crippen molar-refractivity contribution in [3.8, 4) is 0 Å². The predicted octanol–water partition coefficient (Wildman–Crippen LogP) is 4.87. The van der Waals surface area contributed by atoms with E-state index in [4.69, 9.17) is 0 Å². The average Bonchev–Trinajstić information content (AvgIpc) is 2.69. The van der Waals surface area contributed by atoms with E-state index in [1.807, 2.05) is 34.6 Å². The highest BCUT2D eigenvalue weighted by Gasteiger charge is 2.15. The minimum Gasteiger partial charge on any atom is -0.352 e. The van der Waals surface area contributed by atoms with E-state index < -0.39 is 0 Å². The number of hydrogen-bond donors (Lipinski definition) is 1. The quantitative estimate of drug-likeness (QED) is 0.787. The zero-order valence-electron chi connectivity index (χ0n) is 12.3. The SMILES string of the molecule is CC.Cc1c(C(=O)CC(C)C)[nH]c2ccc(F)cc12. The van der Waals surface area contributed by atoms with Gasteiger partial charge >= 0.3 is 0 Å². The third-order valence-corrected chi connectivity index (χ3v) is 2.89. The van der Waals surface area contributed by atoms with Gasteiger partial charge in [-0.3, -0.25) is 4.79 Å². The van der Waals surface area contributed by atoms with Gasteiger partial charge in [0.15, 0.2) is 5.78 Å². The van der Waals surface area contributed by atoms with Crippen molar-refractivity contribution in [2.75, 3.05) is 0 Å². The number of benzene rings is 1. The number of fused-ring (bicyclic) bond motifs is 1. The van der Waals surface area contributed by atoms with Gasteiger partial charge < -0.3 is 4.98 Å². The van der Waals surface area contributed by atoms with Crippen molar-refractivity contribution < 1.29 is 9.18 Å². The highest BCUT2D eigenvalue weighted by molar-refractivity contribution is 6.02. The maximum atomic E-state index is 13.1. The van der Waals surface area contributed by atoms with Crippen LogP contribution in [0.2, 0.25) is 0 Å². The van der Waals surface area contributed by atoms with Crippen LogP contribution in [-0.4, -0.2) is 10.8 Å². The second kappa shape index (κ2) is 6.50. The molecule has 0 aliphatic heterocycles. The van der Waals surface area contributed by atoms with Crippen LogP contribution in [0.15, 0.2) is 18.2 Å². The first-order chi connectivity index (χ1) is 8.99. The predicted molar refractivity (Wildman–Crippen MR) is 78.1 cm³/mol. The maximum Gasteiger partial charge on any atom is 0.179 e. The first-order valence-corrected chi connectivity index (χ1v) is 6.80. The van der Waals surface area contributed by atoms with Crippen molar-refractivity contribution in [1.29, 1.82) is 0 Å². The molecule has 0 amide bonds. The van der Waals surface area contributed by atoms with Gasteiger partial charge in [0.2, 0.25) is 0 Å². The highest BCUT2D eigenvalue weighted by atomic mass is 19.1. The summed E-state index contributed by atoms with van der Waals surface area (Å²) in [5, 5.41) is 0.789. The van der Waals surface area contributed by atoms with Crippen LogP contribution >= 0.6 is 0 Å². The van der Waals surface area contributed by atoms with E-state index in [1.54, 1.807) is 6.07 Å².